The van der Waals surface area contributed by atoms with Gasteiger partial charge in [0, 0.05) is 21.9 Å². The molecule has 0 atom stereocenters. The average Bonchev–Trinajstić information content (AvgIpc) is 3.07. The molecule has 2 heterocycles. The monoisotopic (exact) mass is 413 g/mol. The molecule has 0 fully saturated rings. The molecule has 0 aliphatic carbocycles. The van der Waals surface area contributed by atoms with Gasteiger partial charge in [-0.1, -0.05) is 37.8 Å². The van der Waals surface area contributed by atoms with Gasteiger partial charge in [-0.15, -0.1) is 0 Å². The first-order chi connectivity index (χ1) is 14.2. The Balaban J connectivity index is 1.90. The van der Waals surface area contributed by atoms with Crippen LogP contribution in [0.3, 0.4) is 0 Å². The summed E-state index contributed by atoms with van der Waals surface area (Å²) in [5, 5.41) is 4.57. The van der Waals surface area contributed by atoms with Crippen molar-refractivity contribution in [1.29, 1.82) is 0 Å². The molecule has 0 saturated heterocycles. The number of pyridine rings is 1. The number of hydrogen-bond acceptors (Lipinski definition) is 2. The minimum absolute atomic E-state index is 0.246. The Hall–Kier alpha value is -2.98. The Labute approximate surface area is 176 Å². The van der Waals surface area contributed by atoms with Crippen LogP contribution in [0.4, 0.5) is 4.39 Å². The number of para-hydroxylation sites is 1. The summed E-state index contributed by atoms with van der Waals surface area (Å²) < 4.78 is 20.4. The van der Waals surface area contributed by atoms with Crippen molar-refractivity contribution in [3.8, 4) is 11.3 Å². The van der Waals surface area contributed by atoms with E-state index < -0.39 is 8.07 Å². The van der Waals surface area contributed by atoms with Gasteiger partial charge in [0.15, 0.2) is 0 Å². The number of halogens is 1. The highest BCUT2D eigenvalue weighted by Gasteiger charge is 2.23. The average molecular weight is 414 g/mol. The number of nitrogens with zero attached hydrogens (tertiary/aromatic N) is 1. The van der Waals surface area contributed by atoms with Gasteiger partial charge in [0.25, 0.3) is 0 Å². The highest BCUT2D eigenvalue weighted by molar-refractivity contribution is 6.90. The van der Waals surface area contributed by atoms with E-state index in [0.717, 1.165) is 38.7 Å². The molecule has 150 valence electrons. The van der Waals surface area contributed by atoms with Crippen molar-refractivity contribution in [2.24, 2.45) is 0 Å². The van der Waals surface area contributed by atoms with Crippen LogP contribution in [0, 0.1) is 19.7 Å². The number of aromatic nitrogens is 1. The highest BCUT2D eigenvalue weighted by atomic mass is 28.3. The third-order valence-electron chi connectivity index (χ3n) is 5.87. The lowest BCUT2D eigenvalue weighted by molar-refractivity contribution is 0.608. The Kier molecular flexibility index (Phi) is 4.12. The van der Waals surface area contributed by atoms with Crippen molar-refractivity contribution in [3.63, 3.8) is 0 Å². The molecule has 0 unspecified atom stereocenters. The molecule has 0 amide bonds. The Bertz CT molecular complexity index is 1460. The van der Waals surface area contributed by atoms with E-state index in [4.69, 9.17) is 9.40 Å². The van der Waals surface area contributed by atoms with Crippen LogP contribution in [0.2, 0.25) is 19.6 Å². The fourth-order valence-corrected chi connectivity index (χ4v) is 5.91. The summed E-state index contributed by atoms with van der Waals surface area (Å²) in [5.74, 6) is -0.246. The molecule has 2 nitrogen and oxygen atoms in total. The Morgan fingerprint density at radius 1 is 0.833 bits per heavy atom. The fraction of sp³-hybridized carbons (Fsp3) is 0.192. The Morgan fingerprint density at radius 2 is 1.60 bits per heavy atom. The van der Waals surface area contributed by atoms with Gasteiger partial charge in [0.1, 0.15) is 17.0 Å². The van der Waals surface area contributed by atoms with Gasteiger partial charge in [-0.3, -0.25) is 0 Å². The molecule has 5 rings (SSSR count). The largest absolute Gasteiger partial charge is 0.455 e. The lowest BCUT2D eigenvalue weighted by Gasteiger charge is -2.20. The summed E-state index contributed by atoms with van der Waals surface area (Å²) in [6, 6.07) is 18.2. The molecule has 0 bridgehead atoms. The van der Waals surface area contributed by atoms with E-state index >= 15 is 0 Å². The quantitative estimate of drug-likeness (QED) is 0.288. The van der Waals surface area contributed by atoms with Crippen LogP contribution < -0.4 is 5.19 Å². The molecule has 0 saturated carbocycles. The number of rotatable bonds is 2. The van der Waals surface area contributed by atoms with Crippen LogP contribution in [0.1, 0.15) is 11.1 Å². The summed E-state index contributed by atoms with van der Waals surface area (Å²) in [7, 11) is -1.61. The van der Waals surface area contributed by atoms with Gasteiger partial charge in [0.2, 0.25) is 0 Å². The van der Waals surface area contributed by atoms with E-state index in [1.807, 2.05) is 12.1 Å². The predicted octanol–water partition coefficient (Wildman–Crippen LogP) is 7.10. The molecule has 0 N–H and O–H groups in total. The van der Waals surface area contributed by atoms with Crippen molar-refractivity contribution in [2.75, 3.05) is 0 Å². The number of aryl methyl sites for hydroxylation is 2. The Morgan fingerprint density at radius 3 is 2.37 bits per heavy atom. The zero-order valence-corrected chi connectivity index (χ0v) is 18.9. The maximum absolute atomic E-state index is 14.2. The lowest BCUT2D eigenvalue weighted by Crippen LogP contribution is -2.38. The molecule has 5 aromatic rings. The van der Waals surface area contributed by atoms with Gasteiger partial charge in [0.05, 0.1) is 19.3 Å². The van der Waals surface area contributed by atoms with Crippen molar-refractivity contribution in [1.82, 2.24) is 4.98 Å². The lowest BCUT2D eigenvalue weighted by atomic mass is 10.0. The van der Waals surface area contributed by atoms with Crippen LogP contribution in [0.15, 0.2) is 59.0 Å². The summed E-state index contributed by atoms with van der Waals surface area (Å²) in [5.41, 5.74) is 5.94. The minimum atomic E-state index is -1.61. The van der Waals surface area contributed by atoms with Crippen LogP contribution in [0.25, 0.3) is 44.1 Å². The topological polar surface area (TPSA) is 26.0 Å². The first-order valence-electron chi connectivity index (χ1n) is 10.3. The van der Waals surface area contributed by atoms with E-state index in [1.54, 1.807) is 6.92 Å². The van der Waals surface area contributed by atoms with Crippen LogP contribution in [0.5, 0.6) is 0 Å². The van der Waals surface area contributed by atoms with Crippen molar-refractivity contribution in [2.45, 2.75) is 33.5 Å². The molecule has 0 aliphatic rings. The second-order valence-corrected chi connectivity index (χ2v) is 14.2. The number of furan rings is 1. The number of benzene rings is 3. The zero-order valence-electron chi connectivity index (χ0n) is 17.9. The zero-order chi connectivity index (χ0) is 21.2. The molecule has 2 aromatic heterocycles. The maximum Gasteiger partial charge on any atom is 0.144 e. The summed E-state index contributed by atoms with van der Waals surface area (Å²) in [4.78, 5) is 5.01. The van der Waals surface area contributed by atoms with Crippen LogP contribution in [-0.4, -0.2) is 13.1 Å². The van der Waals surface area contributed by atoms with Gasteiger partial charge >= 0.3 is 0 Å². The third-order valence-corrected chi connectivity index (χ3v) is 7.90. The third kappa shape index (κ3) is 2.86. The van der Waals surface area contributed by atoms with Gasteiger partial charge in [-0.05, 0) is 66.4 Å². The summed E-state index contributed by atoms with van der Waals surface area (Å²) >= 11 is 0. The van der Waals surface area contributed by atoms with Crippen LogP contribution in [-0.2, 0) is 0 Å². The molecular weight excluding hydrogens is 389 g/mol. The SMILES string of the molecule is Cc1cc(-c2cc([Si](C)(C)C)c3ccccc3n2)c2oc3c(C)c(F)ccc3c2c1. The minimum Gasteiger partial charge on any atom is -0.455 e. The number of hydrogen-bond donors (Lipinski definition) is 0. The van der Waals surface area contributed by atoms with Gasteiger partial charge < -0.3 is 4.42 Å². The van der Waals surface area contributed by atoms with Crippen molar-refractivity contribution < 1.29 is 8.81 Å². The highest BCUT2D eigenvalue weighted by Crippen LogP contribution is 2.38. The van der Waals surface area contributed by atoms with Crippen molar-refractivity contribution in [3.05, 3.63) is 71.5 Å². The normalized spacial score (nSPS) is 12.3. The molecule has 3 aromatic carbocycles. The smallest absolute Gasteiger partial charge is 0.144 e. The molecule has 0 radical (unpaired) electrons. The predicted molar refractivity (Wildman–Crippen MR) is 127 cm³/mol. The van der Waals surface area contributed by atoms with E-state index in [2.05, 4.69) is 63.0 Å². The van der Waals surface area contributed by atoms with Gasteiger partial charge in [-0.2, -0.15) is 0 Å². The maximum atomic E-state index is 14.2. The van der Waals surface area contributed by atoms with Crippen LogP contribution >= 0.6 is 0 Å². The number of fused-ring (bicyclic) bond motifs is 4. The second-order valence-electron chi connectivity index (χ2n) is 9.16. The molecule has 30 heavy (non-hydrogen) atoms. The van der Waals surface area contributed by atoms with Gasteiger partial charge in [-0.25, -0.2) is 9.37 Å². The first-order valence-corrected chi connectivity index (χ1v) is 13.8. The summed E-state index contributed by atoms with van der Waals surface area (Å²) in [6.45, 7) is 10.9. The van der Waals surface area contributed by atoms with E-state index in [9.17, 15) is 4.39 Å². The van der Waals surface area contributed by atoms with E-state index in [1.165, 1.54) is 16.6 Å². The summed E-state index contributed by atoms with van der Waals surface area (Å²) in [6.07, 6.45) is 0. The van der Waals surface area contributed by atoms with Crippen molar-refractivity contribution >= 4 is 46.1 Å². The van der Waals surface area contributed by atoms with E-state index in [0.29, 0.717) is 11.1 Å². The molecule has 0 aliphatic heterocycles. The fourth-order valence-electron chi connectivity index (χ4n) is 4.32. The molecule has 0 spiro atoms. The molecular formula is C26H24FNOSi. The second kappa shape index (κ2) is 6.51. The standard InChI is InChI=1S/C26H24FNOSi/c1-15-12-19-17-10-11-21(27)16(2)25(17)29-26(19)20(13-15)23-14-24(30(3,4)5)18-8-6-7-9-22(18)28-23/h6-14H,1-5H3. The molecule has 4 heteroatoms. The first kappa shape index (κ1) is 19.0. The van der Waals surface area contributed by atoms with E-state index in [-0.39, 0.29) is 5.82 Å².